The Morgan fingerprint density at radius 1 is 0.951 bits per heavy atom. The fourth-order valence-corrected chi connectivity index (χ4v) is 5.35. The van der Waals surface area contributed by atoms with Gasteiger partial charge in [0, 0.05) is 54.9 Å². The van der Waals surface area contributed by atoms with Crippen LogP contribution in [-0.2, 0) is 0 Å². The predicted molar refractivity (Wildman–Crippen MR) is 153 cm³/mol. The number of piperazine rings is 1. The molecule has 0 aliphatic carbocycles. The molecule has 0 bridgehead atoms. The maximum Gasteiger partial charge on any atom is 0.254 e. The number of imidazole rings is 1. The van der Waals surface area contributed by atoms with Crippen molar-refractivity contribution in [1.82, 2.24) is 29.4 Å². The van der Waals surface area contributed by atoms with Crippen molar-refractivity contribution in [2.75, 3.05) is 33.2 Å². The average Bonchev–Trinajstić information content (AvgIpc) is 3.70. The fraction of sp³-hybridized carbons (Fsp3) is 0.161. The summed E-state index contributed by atoms with van der Waals surface area (Å²) in [5, 5.41) is 13.0. The highest BCUT2D eigenvalue weighted by atomic mass is 16.5. The number of aromatic amines is 2. The molecule has 1 aliphatic rings. The summed E-state index contributed by atoms with van der Waals surface area (Å²) < 4.78 is 7.70. The van der Waals surface area contributed by atoms with Gasteiger partial charge in [-0.05, 0) is 55.6 Å². The van der Waals surface area contributed by atoms with Gasteiger partial charge in [0.15, 0.2) is 5.65 Å². The number of likely N-dealkylation sites (N-methyl/N-ethyl adjacent to an activating group) is 1. The molecule has 2 N–H and O–H groups in total. The lowest BCUT2D eigenvalue weighted by molar-refractivity contribution is 0.0666. The molecule has 0 atom stereocenters. The monoisotopic (exact) mass is 543 g/mol. The van der Waals surface area contributed by atoms with Crippen LogP contribution in [0.2, 0.25) is 0 Å². The molecule has 10 heteroatoms. The number of nitriles is 1. The van der Waals surface area contributed by atoms with E-state index < -0.39 is 0 Å². The molecule has 7 rings (SSSR count). The Balaban J connectivity index is 1.20. The Kier molecular flexibility index (Phi) is 5.80. The van der Waals surface area contributed by atoms with Crippen LogP contribution in [0.15, 0.2) is 72.9 Å². The van der Waals surface area contributed by atoms with Crippen LogP contribution >= 0.6 is 0 Å². The first-order valence-corrected chi connectivity index (χ1v) is 13.3. The van der Waals surface area contributed by atoms with E-state index in [4.69, 9.17) is 15.0 Å². The summed E-state index contributed by atoms with van der Waals surface area (Å²) in [4.78, 5) is 39.1. The lowest BCUT2D eigenvalue weighted by atomic mass is 10.1. The molecule has 3 aromatic carbocycles. The summed E-state index contributed by atoms with van der Waals surface area (Å²) in [5.41, 5.74) is 4.54. The highest BCUT2D eigenvalue weighted by molar-refractivity contribution is 6.15. The normalized spacial score (nSPS) is 14.1. The van der Waals surface area contributed by atoms with E-state index in [0.29, 0.717) is 58.1 Å². The molecule has 41 heavy (non-hydrogen) atoms. The van der Waals surface area contributed by atoms with Gasteiger partial charge < -0.3 is 19.5 Å². The number of carbonyl (C=O) groups is 2. The Morgan fingerprint density at radius 3 is 2.59 bits per heavy atom. The highest BCUT2D eigenvalue weighted by Gasteiger charge is 2.24. The van der Waals surface area contributed by atoms with E-state index in [1.807, 2.05) is 35.2 Å². The zero-order valence-corrected chi connectivity index (χ0v) is 22.2. The quantitative estimate of drug-likeness (QED) is 0.307. The van der Waals surface area contributed by atoms with Crippen molar-refractivity contribution in [3.8, 4) is 17.6 Å². The van der Waals surface area contributed by atoms with E-state index in [-0.39, 0.29) is 11.7 Å². The Bertz CT molecular complexity index is 2020. The van der Waals surface area contributed by atoms with Crippen LogP contribution in [0.1, 0.15) is 32.0 Å². The van der Waals surface area contributed by atoms with Crippen LogP contribution in [0.4, 0.5) is 0 Å². The number of amides is 1. The Morgan fingerprint density at radius 2 is 1.76 bits per heavy atom. The summed E-state index contributed by atoms with van der Waals surface area (Å²) >= 11 is 0. The van der Waals surface area contributed by atoms with Crippen LogP contribution in [0.3, 0.4) is 0 Å². The summed E-state index contributed by atoms with van der Waals surface area (Å²) in [6.45, 7) is 3.02. The van der Waals surface area contributed by atoms with Crippen molar-refractivity contribution in [2.24, 2.45) is 0 Å². The Labute approximate surface area is 234 Å². The third-order valence-electron chi connectivity index (χ3n) is 7.58. The third kappa shape index (κ3) is 4.29. The molecule has 0 unspecified atom stereocenters. The van der Waals surface area contributed by atoms with Crippen LogP contribution in [0.25, 0.3) is 27.6 Å². The molecule has 6 aromatic rings. The van der Waals surface area contributed by atoms with Crippen LogP contribution in [-0.4, -0.2) is 74.3 Å². The second-order valence-electron chi connectivity index (χ2n) is 10.2. The van der Waals surface area contributed by atoms with Gasteiger partial charge in [0.25, 0.3) is 5.91 Å². The maximum absolute atomic E-state index is 13.7. The third-order valence-corrected chi connectivity index (χ3v) is 7.58. The number of nitrogens with zero attached hydrogens (tertiary/aromatic N) is 5. The summed E-state index contributed by atoms with van der Waals surface area (Å²) in [7, 11) is 2.05. The first kappa shape index (κ1) is 24.6. The van der Waals surface area contributed by atoms with Crippen molar-refractivity contribution in [3.05, 3.63) is 95.3 Å². The van der Waals surface area contributed by atoms with Crippen molar-refractivity contribution in [3.63, 3.8) is 0 Å². The molecule has 1 fully saturated rings. The van der Waals surface area contributed by atoms with Crippen molar-refractivity contribution >= 4 is 39.3 Å². The molecule has 3 aromatic heterocycles. The van der Waals surface area contributed by atoms with Crippen molar-refractivity contribution in [1.29, 1.82) is 5.26 Å². The molecule has 1 saturated heterocycles. The van der Waals surface area contributed by atoms with E-state index in [2.05, 4.69) is 28.1 Å². The second kappa shape index (κ2) is 9.66. The van der Waals surface area contributed by atoms with E-state index in [9.17, 15) is 9.59 Å². The second-order valence-corrected chi connectivity index (χ2v) is 10.2. The molecule has 0 spiro atoms. The van der Waals surface area contributed by atoms with Gasteiger partial charge in [-0.3, -0.25) is 14.7 Å². The lowest BCUT2D eigenvalue weighted by Gasteiger charge is -2.32. The number of ketones is 1. The van der Waals surface area contributed by atoms with Gasteiger partial charge in [0.05, 0.1) is 33.9 Å². The summed E-state index contributed by atoms with van der Waals surface area (Å²) in [5.74, 6) is 0.857. The van der Waals surface area contributed by atoms with Gasteiger partial charge in [-0.25, -0.2) is 9.50 Å². The van der Waals surface area contributed by atoms with Gasteiger partial charge in [-0.15, -0.1) is 0 Å². The molecule has 0 saturated carbocycles. The topological polar surface area (TPSA) is 123 Å². The SMILES string of the molecule is CN1CCN(C(=O)c2cccc3[nH]c(C(=O)c4c[nH]n5c4nc4cc(Oc6cccc(C#N)c6)ccc45)cc23)CC1. The van der Waals surface area contributed by atoms with E-state index in [0.717, 1.165) is 29.5 Å². The zero-order chi connectivity index (χ0) is 28.1. The lowest BCUT2D eigenvalue weighted by Crippen LogP contribution is -2.47. The highest BCUT2D eigenvalue weighted by Crippen LogP contribution is 2.29. The first-order chi connectivity index (χ1) is 20.0. The number of benzene rings is 3. The number of aromatic nitrogens is 4. The standard InChI is InChI=1S/C31H25N7O3/c1-36-10-12-37(13-11-36)31(40)22-6-3-7-25-23(22)16-27(34-25)29(39)24-18-33-38-28-9-8-21(15-26(28)35-30(24)38)41-20-5-2-4-19(14-20)17-32/h2-9,14-16,18,33-34H,10-13H2,1H3. The number of hydrogen-bond acceptors (Lipinski definition) is 6. The summed E-state index contributed by atoms with van der Waals surface area (Å²) in [6.07, 6.45) is 1.64. The Hall–Kier alpha value is -5.40. The minimum Gasteiger partial charge on any atom is -0.457 e. The number of hydrogen-bond donors (Lipinski definition) is 2. The van der Waals surface area contributed by atoms with Gasteiger partial charge in [-0.2, -0.15) is 5.26 Å². The largest absolute Gasteiger partial charge is 0.457 e. The van der Waals surface area contributed by atoms with Crippen LogP contribution < -0.4 is 4.74 Å². The van der Waals surface area contributed by atoms with E-state index >= 15 is 0 Å². The van der Waals surface area contributed by atoms with Gasteiger partial charge in [0.2, 0.25) is 5.78 Å². The number of H-pyrrole nitrogens is 2. The van der Waals surface area contributed by atoms with Gasteiger partial charge >= 0.3 is 0 Å². The average molecular weight is 544 g/mol. The number of rotatable bonds is 5. The maximum atomic E-state index is 13.7. The van der Waals surface area contributed by atoms with Crippen LogP contribution in [0, 0.1) is 11.3 Å². The molecular weight excluding hydrogens is 518 g/mol. The predicted octanol–water partition coefficient (Wildman–Crippen LogP) is 4.58. The van der Waals surface area contributed by atoms with E-state index in [1.54, 1.807) is 47.1 Å². The van der Waals surface area contributed by atoms with Gasteiger partial charge in [0.1, 0.15) is 11.5 Å². The number of carbonyl (C=O) groups excluding carboxylic acids is 2. The molecule has 1 aliphatic heterocycles. The van der Waals surface area contributed by atoms with Gasteiger partial charge in [-0.1, -0.05) is 12.1 Å². The molecule has 1 amide bonds. The molecule has 202 valence electrons. The summed E-state index contributed by atoms with van der Waals surface area (Å²) in [6, 6.07) is 21.8. The molecular formula is C31H25N7O3. The first-order valence-electron chi connectivity index (χ1n) is 13.3. The molecule has 0 radical (unpaired) electrons. The number of ether oxygens (including phenoxy) is 1. The molecule has 10 nitrogen and oxygen atoms in total. The number of fused-ring (bicyclic) bond motifs is 4. The fourth-order valence-electron chi connectivity index (χ4n) is 5.35. The van der Waals surface area contributed by atoms with Crippen molar-refractivity contribution < 1.29 is 14.3 Å². The number of nitrogens with one attached hydrogen (secondary N) is 2. The minimum atomic E-state index is -0.231. The smallest absolute Gasteiger partial charge is 0.254 e. The van der Waals surface area contributed by atoms with E-state index in [1.165, 1.54) is 0 Å². The van der Waals surface area contributed by atoms with Crippen LogP contribution in [0.5, 0.6) is 11.5 Å². The van der Waals surface area contributed by atoms with Crippen molar-refractivity contribution in [2.45, 2.75) is 0 Å². The minimum absolute atomic E-state index is 0.0254. The molecule has 4 heterocycles. The zero-order valence-electron chi connectivity index (χ0n) is 22.2.